The molecule has 0 N–H and O–H groups in total. The number of carbonyl (C=O) groups is 3. The van der Waals surface area contributed by atoms with Gasteiger partial charge in [-0.05, 0) is 31.4 Å². The molecule has 2 fully saturated rings. The Morgan fingerprint density at radius 1 is 1.33 bits per heavy atom. The lowest BCUT2D eigenvalue weighted by molar-refractivity contribution is -0.158. The van der Waals surface area contributed by atoms with Gasteiger partial charge in [0.15, 0.2) is 0 Å². The van der Waals surface area contributed by atoms with Crippen molar-refractivity contribution in [1.82, 2.24) is 9.80 Å². The van der Waals surface area contributed by atoms with E-state index in [-0.39, 0.29) is 23.2 Å². The summed E-state index contributed by atoms with van der Waals surface area (Å²) in [5.41, 5.74) is 0. The van der Waals surface area contributed by atoms with Crippen molar-refractivity contribution < 1.29 is 19.1 Å². The topological polar surface area (TPSA) is 66.9 Å². The van der Waals surface area contributed by atoms with Crippen molar-refractivity contribution in [3.05, 3.63) is 0 Å². The fraction of sp³-hybridized carbons (Fsp3) is 0.786. The van der Waals surface area contributed by atoms with Gasteiger partial charge in [-0.25, -0.2) is 4.79 Å². The van der Waals surface area contributed by atoms with Crippen molar-refractivity contribution in [2.24, 2.45) is 0 Å². The van der Waals surface area contributed by atoms with Gasteiger partial charge in [-0.2, -0.15) is 0 Å². The number of hydrogen-bond acceptors (Lipinski definition) is 5. The van der Waals surface area contributed by atoms with E-state index in [0.29, 0.717) is 12.8 Å². The molecule has 0 unspecified atom stereocenters. The first-order chi connectivity index (χ1) is 9.97. The number of esters is 1. The van der Waals surface area contributed by atoms with Gasteiger partial charge in [0, 0.05) is 14.0 Å². The molecule has 6 nitrogen and oxygen atoms in total. The Bertz CT molecular complexity index is 443. The summed E-state index contributed by atoms with van der Waals surface area (Å²) in [6.07, 6.45) is 3.06. The lowest BCUT2D eigenvalue weighted by Crippen LogP contribution is -2.57. The molecule has 2 saturated heterocycles. The molecule has 3 atom stereocenters. The van der Waals surface area contributed by atoms with Crippen molar-refractivity contribution in [2.45, 2.75) is 50.1 Å². The minimum absolute atomic E-state index is 0.0145. The minimum atomic E-state index is -0.519. The molecule has 0 aromatic rings. The van der Waals surface area contributed by atoms with E-state index in [0.717, 1.165) is 18.6 Å². The first-order valence-electron chi connectivity index (χ1n) is 7.22. The smallest absolute Gasteiger partial charge is 0.328 e. The van der Waals surface area contributed by atoms with E-state index >= 15 is 0 Å². The van der Waals surface area contributed by atoms with E-state index in [1.165, 1.54) is 18.9 Å². The van der Waals surface area contributed by atoms with Gasteiger partial charge in [0.05, 0.1) is 12.5 Å². The zero-order chi connectivity index (χ0) is 15.6. The molecule has 21 heavy (non-hydrogen) atoms. The van der Waals surface area contributed by atoms with Gasteiger partial charge >= 0.3 is 5.97 Å². The van der Waals surface area contributed by atoms with Crippen LogP contribution >= 0.6 is 11.8 Å². The Balaban J connectivity index is 2.28. The highest BCUT2D eigenvalue weighted by molar-refractivity contribution is 7.99. The van der Waals surface area contributed by atoms with Crippen LogP contribution in [0.15, 0.2) is 0 Å². The van der Waals surface area contributed by atoms with E-state index < -0.39 is 12.1 Å². The van der Waals surface area contributed by atoms with Crippen LogP contribution in [0.1, 0.15) is 32.6 Å². The van der Waals surface area contributed by atoms with Crippen molar-refractivity contribution in [2.75, 3.05) is 19.9 Å². The number of amides is 2. The van der Waals surface area contributed by atoms with Crippen molar-refractivity contribution in [1.29, 1.82) is 0 Å². The van der Waals surface area contributed by atoms with Gasteiger partial charge in [-0.1, -0.05) is 0 Å². The normalized spacial score (nSPS) is 29.4. The summed E-state index contributed by atoms with van der Waals surface area (Å²) in [7, 11) is 2.99. The maximum absolute atomic E-state index is 12.9. The number of rotatable bonds is 2. The molecule has 0 aromatic carbocycles. The monoisotopic (exact) mass is 314 g/mol. The van der Waals surface area contributed by atoms with Crippen molar-refractivity contribution in [3.8, 4) is 0 Å². The van der Waals surface area contributed by atoms with Gasteiger partial charge in [-0.15, -0.1) is 11.8 Å². The average molecular weight is 314 g/mol. The number of thioether (sulfide) groups is 1. The zero-order valence-electron chi connectivity index (χ0n) is 12.7. The molecule has 0 radical (unpaired) electrons. The maximum Gasteiger partial charge on any atom is 0.328 e. The predicted octanol–water partition coefficient (Wildman–Crippen LogP) is 0.850. The maximum atomic E-state index is 12.9. The quantitative estimate of drug-likeness (QED) is 0.707. The molecule has 2 aliphatic heterocycles. The standard InChI is InChI=1S/C14H22N2O4S/c1-9(17)15(2)10-7-8-21-12-6-4-5-11(14(19)20-3)16(12)13(10)18/h10-12H,4-8H2,1-3H3/t10-,11-,12-/m0/s1. The molecule has 2 amide bonds. The number of piperidine rings is 1. The summed E-state index contributed by atoms with van der Waals surface area (Å²) in [6, 6.07) is -1.00. The minimum Gasteiger partial charge on any atom is -0.467 e. The summed E-state index contributed by atoms with van der Waals surface area (Å²) in [6.45, 7) is 1.46. The summed E-state index contributed by atoms with van der Waals surface area (Å²) >= 11 is 1.70. The molecular weight excluding hydrogens is 292 g/mol. The Morgan fingerprint density at radius 3 is 2.67 bits per heavy atom. The predicted molar refractivity (Wildman–Crippen MR) is 79.6 cm³/mol. The molecule has 0 spiro atoms. The molecule has 2 rings (SSSR count). The highest BCUT2D eigenvalue weighted by Crippen LogP contribution is 2.35. The number of carbonyl (C=O) groups excluding carboxylic acids is 3. The first kappa shape index (κ1) is 16.1. The van der Waals surface area contributed by atoms with E-state index in [1.54, 1.807) is 23.7 Å². The molecule has 0 bridgehead atoms. The van der Waals surface area contributed by atoms with Gasteiger partial charge in [-0.3, -0.25) is 9.59 Å². The molecule has 2 heterocycles. The van der Waals surface area contributed by atoms with E-state index in [9.17, 15) is 14.4 Å². The molecule has 0 aliphatic carbocycles. The zero-order valence-corrected chi connectivity index (χ0v) is 13.5. The van der Waals surface area contributed by atoms with E-state index in [4.69, 9.17) is 4.74 Å². The fourth-order valence-corrected chi connectivity index (χ4v) is 4.36. The Hall–Kier alpha value is -1.24. The molecule has 2 aliphatic rings. The van der Waals surface area contributed by atoms with Crippen LogP contribution < -0.4 is 0 Å². The van der Waals surface area contributed by atoms with Crippen LogP contribution in [0.25, 0.3) is 0 Å². The van der Waals surface area contributed by atoms with Crippen LogP contribution in [0.2, 0.25) is 0 Å². The van der Waals surface area contributed by atoms with Crippen LogP contribution in [-0.2, 0) is 19.1 Å². The summed E-state index contributed by atoms with van der Waals surface area (Å²) < 4.78 is 4.85. The molecule has 118 valence electrons. The highest BCUT2D eigenvalue weighted by atomic mass is 32.2. The Kier molecular flexibility index (Phi) is 5.13. The van der Waals surface area contributed by atoms with Crippen LogP contribution in [0.5, 0.6) is 0 Å². The molecule has 7 heteroatoms. The molecular formula is C14H22N2O4S. The largest absolute Gasteiger partial charge is 0.467 e. The lowest BCUT2D eigenvalue weighted by Gasteiger charge is -2.41. The number of hydrogen-bond donors (Lipinski definition) is 0. The average Bonchev–Trinajstić information content (AvgIpc) is 2.64. The molecule has 0 aromatic heterocycles. The number of methoxy groups -OCH3 is 1. The van der Waals surface area contributed by atoms with E-state index in [2.05, 4.69) is 0 Å². The summed E-state index contributed by atoms with van der Waals surface area (Å²) in [4.78, 5) is 39.6. The second kappa shape index (κ2) is 6.68. The first-order valence-corrected chi connectivity index (χ1v) is 8.27. The third-order valence-electron chi connectivity index (χ3n) is 4.25. The SMILES string of the molecule is COC(=O)[C@@H]1CCC[C@@H]2SCC[C@H](N(C)C(C)=O)C(=O)N21. The lowest BCUT2D eigenvalue weighted by atomic mass is 10.00. The number of fused-ring (bicyclic) bond motifs is 1. The second-order valence-corrected chi connectivity index (χ2v) is 6.76. The van der Waals surface area contributed by atoms with Crippen LogP contribution in [-0.4, -0.2) is 65.0 Å². The second-order valence-electron chi connectivity index (χ2n) is 5.48. The van der Waals surface area contributed by atoms with Crippen LogP contribution in [0.4, 0.5) is 0 Å². The van der Waals surface area contributed by atoms with Gasteiger partial charge in [0.2, 0.25) is 11.8 Å². The summed E-state index contributed by atoms with van der Waals surface area (Å²) in [5, 5.41) is 0.0145. The van der Waals surface area contributed by atoms with Gasteiger partial charge in [0.25, 0.3) is 0 Å². The van der Waals surface area contributed by atoms with E-state index in [1.807, 2.05) is 0 Å². The van der Waals surface area contributed by atoms with Crippen molar-refractivity contribution in [3.63, 3.8) is 0 Å². The Morgan fingerprint density at radius 2 is 2.05 bits per heavy atom. The van der Waals surface area contributed by atoms with Crippen molar-refractivity contribution >= 4 is 29.5 Å². The van der Waals surface area contributed by atoms with Gasteiger partial charge in [0.1, 0.15) is 12.1 Å². The van der Waals surface area contributed by atoms with Crippen LogP contribution in [0, 0.1) is 0 Å². The van der Waals surface area contributed by atoms with Crippen LogP contribution in [0.3, 0.4) is 0 Å². The highest BCUT2D eigenvalue weighted by Gasteiger charge is 2.44. The third-order valence-corrected chi connectivity index (χ3v) is 5.57. The number of likely N-dealkylation sites (N-methyl/N-ethyl adjacent to an activating group) is 1. The summed E-state index contributed by atoms with van der Waals surface area (Å²) in [5.74, 6) is 0.185. The number of nitrogens with zero attached hydrogens (tertiary/aromatic N) is 2. The molecule has 0 saturated carbocycles. The van der Waals surface area contributed by atoms with Gasteiger partial charge < -0.3 is 14.5 Å². The fourth-order valence-electron chi connectivity index (χ4n) is 2.98. The number of ether oxygens (including phenoxy) is 1. The Labute approximate surface area is 129 Å². The third kappa shape index (κ3) is 3.17.